The molecule has 21 heavy (non-hydrogen) atoms. The van der Waals surface area contributed by atoms with Gasteiger partial charge in [0, 0.05) is 16.5 Å². The second kappa shape index (κ2) is 5.54. The van der Waals surface area contributed by atoms with Gasteiger partial charge in [0.05, 0.1) is 12.0 Å². The van der Waals surface area contributed by atoms with Crippen molar-refractivity contribution in [2.24, 2.45) is 0 Å². The van der Waals surface area contributed by atoms with Crippen LogP contribution in [0.1, 0.15) is 22.1 Å². The fourth-order valence-electron chi connectivity index (χ4n) is 2.39. The maximum absolute atomic E-state index is 13.4. The van der Waals surface area contributed by atoms with Gasteiger partial charge in [-0.3, -0.25) is 0 Å². The number of hydrogen-bond acceptors (Lipinski definition) is 1. The lowest BCUT2D eigenvalue weighted by atomic mass is 10.0. The molecular formula is C15H9BrClF3O. The lowest BCUT2D eigenvalue weighted by Gasteiger charge is -2.15. The van der Waals surface area contributed by atoms with Crippen LogP contribution in [-0.4, -0.2) is 6.61 Å². The fraction of sp³-hybridized carbons (Fsp3) is 0.200. The Hall–Kier alpha value is -1.20. The van der Waals surface area contributed by atoms with E-state index in [9.17, 15) is 13.2 Å². The molecule has 0 spiro atoms. The Morgan fingerprint density at radius 2 is 1.76 bits per heavy atom. The van der Waals surface area contributed by atoms with Gasteiger partial charge in [-0.25, -0.2) is 13.2 Å². The van der Waals surface area contributed by atoms with E-state index in [0.717, 1.165) is 28.6 Å². The third-order valence-electron chi connectivity index (χ3n) is 3.35. The molecule has 0 aromatic heterocycles. The van der Waals surface area contributed by atoms with Gasteiger partial charge in [-0.1, -0.05) is 15.9 Å². The maximum Gasteiger partial charge on any atom is 0.194 e. The average Bonchev–Trinajstić information content (AvgIpc) is 2.90. The molecule has 0 aliphatic carbocycles. The van der Waals surface area contributed by atoms with Crippen molar-refractivity contribution < 1.29 is 17.9 Å². The van der Waals surface area contributed by atoms with Crippen molar-refractivity contribution in [2.75, 3.05) is 6.61 Å². The quantitative estimate of drug-likeness (QED) is 0.521. The van der Waals surface area contributed by atoms with Gasteiger partial charge < -0.3 is 4.74 Å². The Morgan fingerprint density at radius 1 is 1.10 bits per heavy atom. The van der Waals surface area contributed by atoms with Crippen molar-refractivity contribution in [3.63, 3.8) is 0 Å². The van der Waals surface area contributed by atoms with Crippen LogP contribution in [0.4, 0.5) is 13.2 Å². The molecule has 2 aromatic carbocycles. The molecule has 110 valence electrons. The highest BCUT2D eigenvalue weighted by Gasteiger charge is 2.25. The normalized spacial score (nSPS) is 14.7. The zero-order valence-electron chi connectivity index (χ0n) is 10.6. The average molecular weight is 378 g/mol. The number of halogens is 5. The summed E-state index contributed by atoms with van der Waals surface area (Å²) in [4.78, 5) is 0. The Labute approximate surface area is 132 Å². The molecule has 6 heteroatoms. The summed E-state index contributed by atoms with van der Waals surface area (Å²) in [5, 5.41) is -0.834. The van der Waals surface area contributed by atoms with Crippen LogP contribution in [0.2, 0.25) is 0 Å². The summed E-state index contributed by atoms with van der Waals surface area (Å²) < 4.78 is 46.1. The zero-order valence-corrected chi connectivity index (χ0v) is 12.9. The van der Waals surface area contributed by atoms with Gasteiger partial charge in [-0.2, -0.15) is 0 Å². The molecule has 1 aliphatic rings. The van der Waals surface area contributed by atoms with Gasteiger partial charge in [0.2, 0.25) is 0 Å². The number of fused-ring (bicyclic) bond motifs is 1. The molecule has 0 radical (unpaired) electrons. The minimum atomic E-state index is -1.50. The van der Waals surface area contributed by atoms with Gasteiger partial charge in [-0.05, 0) is 35.4 Å². The summed E-state index contributed by atoms with van der Waals surface area (Å²) in [6.07, 6.45) is 0.748. The molecule has 1 heterocycles. The van der Waals surface area contributed by atoms with Gasteiger partial charge in [0.15, 0.2) is 17.5 Å². The van der Waals surface area contributed by atoms with Crippen LogP contribution in [0.15, 0.2) is 28.7 Å². The molecule has 0 saturated heterocycles. The van der Waals surface area contributed by atoms with Crippen LogP contribution in [-0.2, 0) is 6.42 Å². The van der Waals surface area contributed by atoms with E-state index in [0.29, 0.717) is 17.9 Å². The molecule has 0 bridgehead atoms. The van der Waals surface area contributed by atoms with Gasteiger partial charge >= 0.3 is 0 Å². The fourth-order valence-corrected chi connectivity index (χ4v) is 3.20. The van der Waals surface area contributed by atoms with E-state index in [1.54, 1.807) is 6.07 Å². The lowest BCUT2D eigenvalue weighted by Crippen LogP contribution is -2.01. The second-order valence-electron chi connectivity index (χ2n) is 4.74. The Kier molecular flexibility index (Phi) is 3.88. The number of alkyl halides is 1. The number of hydrogen-bond donors (Lipinski definition) is 0. The largest absolute Gasteiger partial charge is 0.493 e. The van der Waals surface area contributed by atoms with E-state index in [1.807, 2.05) is 6.07 Å². The third-order valence-corrected chi connectivity index (χ3v) is 4.29. The minimum absolute atomic E-state index is 0.142. The van der Waals surface area contributed by atoms with Crippen LogP contribution in [0, 0.1) is 17.5 Å². The second-order valence-corrected chi connectivity index (χ2v) is 6.09. The Morgan fingerprint density at radius 3 is 2.43 bits per heavy atom. The Balaban J connectivity index is 2.09. The highest BCUT2D eigenvalue weighted by molar-refractivity contribution is 9.10. The number of rotatable bonds is 2. The van der Waals surface area contributed by atoms with E-state index < -0.39 is 22.8 Å². The summed E-state index contributed by atoms with van der Waals surface area (Å²) in [6, 6.07) is 5.46. The third kappa shape index (κ3) is 2.64. The SMILES string of the molecule is Fc1cc(C(Cl)c2cc(Br)cc3c2OCC3)cc(F)c1F. The van der Waals surface area contributed by atoms with Crippen LogP contribution in [0.3, 0.4) is 0 Å². The standard InChI is InChI=1S/C15H9BrClF3O/c16-9-3-7-1-2-21-15(7)10(6-9)13(17)8-4-11(18)14(20)12(19)5-8/h3-6,13H,1-2H2. The topological polar surface area (TPSA) is 9.23 Å². The van der Waals surface area contributed by atoms with E-state index >= 15 is 0 Å². The highest BCUT2D eigenvalue weighted by atomic mass is 79.9. The Bertz CT molecular complexity index is 697. The molecule has 0 saturated carbocycles. The monoisotopic (exact) mass is 376 g/mol. The summed E-state index contributed by atoms with van der Waals surface area (Å²) in [7, 11) is 0. The molecule has 0 N–H and O–H groups in total. The van der Waals surface area contributed by atoms with Crippen molar-refractivity contribution in [3.8, 4) is 5.75 Å². The molecule has 1 unspecified atom stereocenters. The van der Waals surface area contributed by atoms with Gasteiger partial charge in [0.1, 0.15) is 5.75 Å². The zero-order chi connectivity index (χ0) is 15.1. The number of benzene rings is 2. The van der Waals surface area contributed by atoms with E-state index in [2.05, 4.69) is 15.9 Å². The van der Waals surface area contributed by atoms with Crippen LogP contribution < -0.4 is 4.74 Å². The summed E-state index contributed by atoms with van der Waals surface area (Å²) in [5.74, 6) is -3.40. The van der Waals surface area contributed by atoms with Crippen molar-refractivity contribution in [2.45, 2.75) is 11.8 Å². The lowest BCUT2D eigenvalue weighted by molar-refractivity contribution is 0.353. The van der Waals surface area contributed by atoms with Crippen molar-refractivity contribution in [3.05, 3.63) is 62.9 Å². The molecule has 1 aliphatic heterocycles. The van der Waals surface area contributed by atoms with Gasteiger partial charge in [-0.15, -0.1) is 11.6 Å². The first-order valence-electron chi connectivity index (χ1n) is 6.21. The summed E-state index contributed by atoms with van der Waals surface area (Å²) >= 11 is 9.70. The molecule has 1 nitrogen and oxygen atoms in total. The predicted octanol–water partition coefficient (Wildman–Crippen LogP) is 5.13. The van der Waals surface area contributed by atoms with Crippen molar-refractivity contribution >= 4 is 27.5 Å². The van der Waals surface area contributed by atoms with E-state index in [-0.39, 0.29) is 5.56 Å². The minimum Gasteiger partial charge on any atom is -0.493 e. The molecule has 3 rings (SSSR count). The molecule has 0 fully saturated rings. The summed E-state index contributed by atoms with van der Waals surface area (Å²) in [5.41, 5.74) is 1.72. The first-order chi connectivity index (χ1) is 9.97. The highest BCUT2D eigenvalue weighted by Crippen LogP contribution is 2.41. The smallest absolute Gasteiger partial charge is 0.194 e. The van der Waals surface area contributed by atoms with Gasteiger partial charge in [0.25, 0.3) is 0 Å². The molecule has 0 amide bonds. The molecule has 2 aromatic rings. The first kappa shape index (κ1) is 14.7. The summed E-state index contributed by atoms with van der Waals surface area (Å²) in [6.45, 7) is 0.536. The molecule has 1 atom stereocenters. The van der Waals surface area contributed by atoms with Crippen LogP contribution in [0.5, 0.6) is 5.75 Å². The van der Waals surface area contributed by atoms with Crippen molar-refractivity contribution in [1.82, 2.24) is 0 Å². The number of ether oxygens (including phenoxy) is 1. The van der Waals surface area contributed by atoms with E-state index in [1.165, 1.54) is 0 Å². The predicted molar refractivity (Wildman–Crippen MR) is 77.4 cm³/mol. The van der Waals surface area contributed by atoms with Crippen LogP contribution in [0.25, 0.3) is 0 Å². The molecular weight excluding hydrogens is 369 g/mol. The first-order valence-corrected chi connectivity index (χ1v) is 7.44. The van der Waals surface area contributed by atoms with Crippen LogP contribution >= 0.6 is 27.5 Å². The maximum atomic E-state index is 13.4. The van der Waals surface area contributed by atoms with Crippen molar-refractivity contribution in [1.29, 1.82) is 0 Å². The van der Waals surface area contributed by atoms with E-state index in [4.69, 9.17) is 16.3 Å².